The van der Waals surface area contributed by atoms with Gasteiger partial charge in [0.1, 0.15) is 5.82 Å². The number of nitrogens with zero attached hydrogens (tertiary/aromatic N) is 3. The van der Waals surface area contributed by atoms with Gasteiger partial charge in [-0.1, -0.05) is 13.8 Å². The van der Waals surface area contributed by atoms with Gasteiger partial charge in [-0.3, -0.25) is 4.79 Å². The first-order valence-corrected chi connectivity index (χ1v) is 12.2. The molecule has 7 nitrogen and oxygen atoms in total. The number of likely N-dealkylation sites (tertiary alicyclic amines) is 1. The van der Waals surface area contributed by atoms with Crippen LogP contribution in [-0.2, 0) is 10.0 Å². The minimum atomic E-state index is -3.54. The van der Waals surface area contributed by atoms with Gasteiger partial charge in [0.25, 0.3) is 5.91 Å². The van der Waals surface area contributed by atoms with Gasteiger partial charge in [-0.15, -0.1) is 0 Å². The molecule has 2 aliphatic heterocycles. The zero-order valence-electron chi connectivity index (χ0n) is 17.6. The SMILES string of the molecule is CC1CC(C)CN(S(=O)(=O)c2ccc(C(=O)N3CCCC(c4ncc[nH]4)C3)cc2)C1. The quantitative estimate of drug-likeness (QED) is 0.808. The van der Waals surface area contributed by atoms with Crippen LogP contribution in [0.1, 0.15) is 55.2 Å². The van der Waals surface area contributed by atoms with E-state index in [4.69, 9.17) is 0 Å². The molecule has 0 spiro atoms. The molecule has 0 aliphatic carbocycles. The molecule has 2 aromatic rings. The summed E-state index contributed by atoms with van der Waals surface area (Å²) in [6, 6.07) is 6.42. The number of carbonyl (C=O) groups is 1. The van der Waals surface area contributed by atoms with E-state index in [1.807, 2.05) is 4.90 Å². The number of hydrogen-bond donors (Lipinski definition) is 1. The van der Waals surface area contributed by atoms with Gasteiger partial charge in [0.15, 0.2) is 0 Å². The van der Waals surface area contributed by atoms with E-state index in [-0.39, 0.29) is 16.7 Å². The molecule has 2 fully saturated rings. The highest BCUT2D eigenvalue weighted by Crippen LogP contribution is 2.28. The molecule has 3 atom stereocenters. The molecule has 30 heavy (non-hydrogen) atoms. The van der Waals surface area contributed by atoms with Crippen molar-refractivity contribution in [1.29, 1.82) is 0 Å². The molecule has 1 N–H and O–H groups in total. The van der Waals surface area contributed by atoms with E-state index in [1.54, 1.807) is 41.0 Å². The maximum Gasteiger partial charge on any atom is 0.253 e. The summed E-state index contributed by atoms with van der Waals surface area (Å²) in [7, 11) is -3.54. The Morgan fingerprint density at radius 2 is 1.80 bits per heavy atom. The fourth-order valence-electron chi connectivity index (χ4n) is 4.79. The Balaban J connectivity index is 1.47. The van der Waals surface area contributed by atoms with Crippen molar-refractivity contribution in [2.75, 3.05) is 26.2 Å². The first-order valence-electron chi connectivity index (χ1n) is 10.7. The number of rotatable bonds is 4. The smallest absolute Gasteiger partial charge is 0.253 e. The van der Waals surface area contributed by atoms with E-state index >= 15 is 0 Å². The van der Waals surface area contributed by atoms with Crippen LogP contribution in [0.3, 0.4) is 0 Å². The predicted molar refractivity (Wildman–Crippen MR) is 115 cm³/mol. The minimum absolute atomic E-state index is 0.0598. The molecule has 2 aliphatic rings. The molecule has 0 radical (unpaired) electrons. The van der Waals surface area contributed by atoms with Crippen LogP contribution in [0.15, 0.2) is 41.6 Å². The van der Waals surface area contributed by atoms with Crippen LogP contribution in [-0.4, -0.2) is 59.7 Å². The summed E-state index contributed by atoms with van der Waals surface area (Å²) in [5.41, 5.74) is 0.523. The second-order valence-corrected chi connectivity index (χ2v) is 10.8. The summed E-state index contributed by atoms with van der Waals surface area (Å²) in [4.78, 5) is 22.6. The standard InChI is InChI=1S/C22H30N4O3S/c1-16-12-17(2)14-26(13-16)30(28,29)20-7-5-18(6-8-20)22(27)25-11-3-4-19(15-25)21-23-9-10-24-21/h5-10,16-17,19H,3-4,11-15H2,1-2H3,(H,23,24). The average molecular weight is 431 g/mol. The fraction of sp³-hybridized carbons (Fsp3) is 0.545. The number of imidazole rings is 1. The van der Waals surface area contributed by atoms with E-state index in [9.17, 15) is 13.2 Å². The number of hydrogen-bond acceptors (Lipinski definition) is 4. The average Bonchev–Trinajstić information content (AvgIpc) is 3.28. The van der Waals surface area contributed by atoms with Gasteiger partial charge < -0.3 is 9.88 Å². The molecule has 4 rings (SSSR count). The van der Waals surface area contributed by atoms with Gasteiger partial charge in [-0.25, -0.2) is 13.4 Å². The lowest BCUT2D eigenvalue weighted by atomic mass is 9.94. The van der Waals surface area contributed by atoms with Crippen LogP contribution in [0.4, 0.5) is 0 Å². The number of amides is 1. The summed E-state index contributed by atoms with van der Waals surface area (Å²) < 4.78 is 27.7. The Labute approximate surface area is 178 Å². The summed E-state index contributed by atoms with van der Waals surface area (Å²) >= 11 is 0. The summed E-state index contributed by atoms with van der Waals surface area (Å²) in [6.07, 6.45) is 6.52. The molecule has 162 valence electrons. The predicted octanol–water partition coefficient (Wildman–Crippen LogP) is 3.10. The zero-order chi connectivity index (χ0) is 21.3. The monoisotopic (exact) mass is 430 g/mol. The molecular formula is C22H30N4O3S. The largest absolute Gasteiger partial charge is 0.348 e. The second-order valence-electron chi connectivity index (χ2n) is 8.86. The van der Waals surface area contributed by atoms with Crippen molar-refractivity contribution in [2.45, 2.75) is 43.9 Å². The Morgan fingerprint density at radius 3 is 2.43 bits per heavy atom. The molecule has 1 aromatic heterocycles. The highest BCUT2D eigenvalue weighted by atomic mass is 32.2. The van der Waals surface area contributed by atoms with Crippen molar-refractivity contribution in [3.63, 3.8) is 0 Å². The highest BCUT2D eigenvalue weighted by Gasteiger charge is 2.32. The lowest BCUT2D eigenvalue weighted by Crippen LogP contribution is -2.42. The molecule has 0 saturated carbocycles. The first kappa shape index (κ1) is 21.1. The van der Waals surface area contributed by atoms with Gasteiger partial charge in [0.05, 0.1) is 4.90 Å². The Morgan fingerprint density at radius 1 is 1.10 bits per heavy atom. The molecule has 1 aromatic carbocycles. The molecule has 1 amide bonds. The number of benzene rings is 1. The third kappa shape index (κ3) is 4.30. The normalized spacial score (nSPS) is 25.9. The minimum Gasteiger partial charge on any atom is -0.348 e. The number of piperidine rings is 2. The molecule has 3 unspecified atom stereocenters. The maximum atomic E-state index is 13.1. The first-order chi connectivity index (χ1) is 14.3. The van der Waals surface area contributed by atoms with Crippen molar-refractivity contribution in [2.24, 2.45) is 11.8 Å². The van der Waals surface area contributed by atoms with Gasteiger partial charge in [0.2, 0.25) is 10.0 Å². The number of sulfonamides is 1. The van der Waals surface area contributed by atoms with Crippen molar-refractivity contribution in [3.05, 3.63) is 48.0 Å². The number of aromatic nitrogens is 2. The van der Waals surface area contributed by atoms with Gasteiger partial charge in [0, 0.05) is 50.1 Å². The molecule has 3 heterocycles. The lowest BCUT2D eigenvalue weighted by Gasteiger charge is -2.34. The van der Waals surface area contributed by atoms with E-state index in [0.717, 1.165) is 25.1 Å². The van der Waals surface area contributed by atoms with Crippen molar-refractivity contribution in [3.8, 4) is 0 Å². The number of nitrogens with one attached hydrogen (secondary N) is 1. The Bertz CT molecular complexity index is 962. The number of H-pyrrole nitrogens is 1. The van der Waals surface area contributed by atoms with E-state index in [1.165, 1.54) is 0 Å². The molecule has 0 bridgehead atoms. The van der Waals surface area contributed by atoms with E-state index in [2.05, 4.69) is 23.8 Å². The van der Waals surface area contributed by atoms with E-state index < -0.39 is 10.0 Å². The van der Waals surface area contributed by atoms with Gasteiger partial charge in [-0.05, 0) is 55.4 Å². The van der Waals surface area contributed by atoms with Gasteiger partial charge >= 0.3 is 0 Å². The third-order valence-electron chi connectivity index (χ3n) is 6.19. The molecular weight excluding hydrogens is 400 g/mol. The Hall–Kier alpha value is -2.19. The lowest BCUT2D eigenvalue weighted by molar-refractivity contribution is 0.0704. The van der Waals surface area contributed by atoms with Crippen LogP contribution in [0, 0.1) is 11.8 Å². The van der Waals surface area contributed by atoms with Crippen LogP contribution >= 0.6 is 0 Å². The summed E-state index contributed by atoms with van der Waals surface area (Å²) in [6.45, 7) is 6.61. The summed E-state index contributed by atoms with van der Waals surface area (Å²) in [5.74, 6) is 1.77. The fourth-order valence-corrected chi connectivity index (χ4v) is 6.47. The van der Waals surface area contributed by atoms with Crippen LogP contribution in [0.25, 0.3) is 0 Å². The topological polar surface area (TPSA) is 86.4 Å². The van der Waals surface area contributed by atoms with Crippen molar-refractivity contribution in [1.82, 2.24) is 19.2 Å². The van der Waals surface area contributed by atoms with Crippen LogP contribution in [0.5, 0.6) is 0 Å². The number of carbonyl (C=O) groups excluding carboxylic acids is 1. The maximum absolute atomic E-state index is 13.1. The van der Waals surface area contributed by atoms with Crippen LogP contribution < -0.4 is 0 Å². The highest BCUT2D eigenvalue weighted by molar-refractivity contribution is 7.89. The number of aromatic amines is 1. The van der Waals surface area contributed by atoms with Gasteiger partial charge in [-0.2, -0.15) is 4.31 Å². The Kier molecular flexibility index (Phi) is 5.97. The summed E-state index contributed by atoms with van der Waals surface area (Å²) in [5, 5.41) is 0. The third-order valence-corrected chi connectivity index (χ3v) is 8.03. The van der Waals surface area contributed by atoms with Crippen molar-refractivity contribution < 1.29 is 13.2 Å². The molecule has 8 heteroatoms. The second kappa shape index (κ2) is 8.51. The molecule has 2 saturated heterocycles. The van der Waals surface area contributed by atoms with E-state index in [0.29, 0.717) is 43.6 Å². The van der Waals surface area contributed by atoms with Crippen LogP contribution in [0.2, 0.25) is 0 Å². The van der Waals surface area contributed by atoms with Crippen molar-refractivity contribution >= 4 is 15.9 Å². The zero-order valence-corrected chi connectivity index (χ0v) is 18.4.